The van der Waals surface area contributed by atoms with Gasteiger partial charge >= 0.3 is 0 Å². The number of anilines is 1. The lowest BCUT2D eigenvalue weighted by atomic mass is 10.0. The first-order valence-corrected chi connectivity index (χ1v) is 8.71. The molecule has 0 saturated carbocycles. The van der Waals surface area contributed by atoms with Crippen molar-refractivity contribution in [3.05, 3.63) is 74.2 Å². The number of hydrogen-bond acceptors (Lipinski definition) is 4. The number of nitrogens with two attached hydrogens (primary N) is 1. The van der Waals surface area contributed by atoms with Crippen LogP contribution in [0.3, 0.4) is 0 Å². The summed E-state index contributed by atoms with van der Waals surface area (Å²) >= 11 is 0. The van der Waals surface area contributed by atoms with Gasteiger partial charge in [-0.3, -0.25) is 4.79 Å². The van der Waals surface area contributed by atoms with Gasteiger partial charge in [0.25, 0.3) is 0 Å². The fraction of sp³-hybridized carbons (Fsp3) is 0.286. The van der Waals surface area contributed by atoms with Crippen molar-refractivity contribution in [1.29, 1.82) is 0 Å². The second kappa shape index (κ2) is 5.95. The fourth-order valence-corrected chi connectivity index (χ4v) is 3.70. The van der Waals surface area contributed by atoms with E-state index in [4.69, 9.17) is 10.2 Å². The highest BCUT2D eigenvalue weighted by Gasteiger charge is 2.25. The van der Waals surface area contributed by atoms with Crippen molar-refractivity contribution in [2.24, 2.45) is 5.73 Å². The third-order valence-corrected chi connectivity index (χ3v) is 5.04. The monoisotopic (exact) mass is 352 g/mol. The molecule has 0 fully saturated rings. The van der Waals surface area contributed by atoms with E-state index in [1.165, 1.54) is 6.07 Å². The predicted molar refractivity (Wildman–Crippen MR) is 101 cm³/mol. The molecule has 4 rings (SSSR count). The molecule has 2 heterocycles. The quantitative estimate of drug-likeness (QED) is 0.755. The zero-order chi connectivity index (χ0) is 18.6. The molecule has 4 nitrogen and oxygen atoms in total. The molecule has 3 aromatic rings. The second-order valence-electron chi connectivity index (χ2n) is 7.15. The molecule has 1 aromatic heterocycles. The molecule has 1 atom stereocenters. The lowest BCUT2D eigenvalue weighted by Crippen LogP contribution is -2.20. The van der Waals surface area contributed by atoms with Crippen LogP contribution in [0.2, 0.25) is 0 Å². The van der Waals surface area contributed by atoms with Gasteiger partial charge in [-0.15, -0.1) is 0 Å². The van der Waals surface area contributed by atoms with Gasteiger partial charge in [-0.2, -0.15) is 0 Å². The number of aryl methyl sites for hydroxylation is 1. The third-order valence-electron chi connectivity index (χ3n) is 5.04. The molecule has 0 radical (unpaired) electrons. The van der Waals surface area contributed by atoms with Crippen molar-refractivity contribution in [3.8, 4) is 0 Å². The third kappa shape index (κ3) is 2.59. The molecule has 2 N–H and O–H groups in total. The maximum absolute atomic E-state index is 13.5. The second-order valence-corrected chi connectivity index (χ2v) is 7.15. The first kappa shape index (κ1) is 16.8. The number of hydrogen-bond donors (Lipinski definition) is 1. The van der Waals surface area contributed by atoms with Crippen LogP contribution in [0.5, 0.6) is 0 Å². The Labute approximate surface area is 151 Å². The summed E-state index contributed by atoms with van der Waals surface area (Å²) < 4.78 is 19.7. The van der Waals surface area contributed by atoms with E-state index in [9.17, 15) is 9.18 Å². The first-order chi connectivity index (χ1) is 12.3. The number of fused-ring (bicyclic) bond motifs is 2. The van der Waals surface area contributed by atoms with Crippen molar-refractivity contribution in [2.75, 3.05) is 4.90 Å². The van der Waals surface area contributed by atoms with Crippen LogP contribution in [0.25, 0.3) is 11.0 Å². The van der Waals surface area contributed by atoms with Crippen LogP contribution in [-0.4, -0.2) is 0 Å². The first-order valence-electron chi connectivity index (χ1n) is 8.71. The van der Waals surface area contributed by atoms with Crippen LogP contribution in [0.4, 0.5) is 10.3 Å². The molecule has 26 heavy (non-hydrogen) atoms. The van der Waals surface area contributed by atoms with Crippen LogP contribution in [0, 0.1) is 19.7 Å². The van der Waals surface area contributed by atoms with Crippen molar-refractivity contribution < 1.29 is 8.81 Å². The molecule has 0 saturated heterocycles. The highest BCUT2D eigenvalue weighted by Crippen LogP contribution is 2.33. The Kier molecular flexibility index (Phi) is 3.84. The van der Waals surface area contributed by atoms with E-state index < -0.39 is 0 Å². The van der Waals surface area contributed by atoms with Gasteiger partial charge in [0.05, 0.1) is 10.9 Å². The van der Waals surface area contributed by atoms with E-state index in [1.54, 1.807) is 19.1 Å². The van der Waals surface area contributed by atoms with Crippen LogP contribution < -0.4 is 16.1 Å². The van der Waals surface area contributed by atoms with Gasteiger partial charge in [0.15, 0.2) is 5.43 Å². The lowest BCUT2D eigenvalue weighted by Gasteiger charge is -2.20. The Balaban J connectivity index is 1.89. The minimum Gasteiger partial charge on any atom is -0.440 e. The Hall–Kier alpha value is -2.66. The summed E-state index contributed by atoms with van der Waals surface area (Å²) in [6.07, 6.45) is 0. The van der Waals surface area contributed by atoms with E-state index >= 15 is 0 Å². The molecule has 1 aliphatic heterocycles. The zero-order valence-corrected chi connectivity index (χ0v) is 15.1. The van der Waals surface area contributed by atoms with Crippen LogP contribution >= 0.6 is 0 Å². The number of rotatable bonds is 2. The van der Waals surface area contributed by atoms with Crippen molar-refractivity contribution >= 4 is 16.9 Å². The maximum Gasteiger partial charge on any atom is 0.203 e. The highest BCUT2D eigenvalue weighted by molar-refractivity contribution is 5.83. The Morgan fingerprint density at radius 1 is 1.15 bits per heavy atom. The molecule has 5 heteroatoms. The van der Waals surface area contributed by atoms with Gasteiger partial charge in [-0.05, 0) is 55.7 Å². The number of halogens is 1. The Morgan fingerprint density at radius 3 is 2.62 bits per heavy atom. The average molecular weight is 352 g/mol. The molecule has 0 aliphatic carbocycles. The molecular formula is C21H21FN2O2. The van der Waals surface area contributed by atoms with Crippen LogP contribution in [0.1, 0.15) is 40.8 Å². The van der Waals surface area contributed by atoms with E-state index in [-0.39, 0.29) is 17.3 Å². The standard InChI is InChI=1S/C21H21FN2O2/c1-11-6-17(13(3)23)20-18(7-11)19(25)12(2)21(26-20)24-9-14-4-5-16(22)8-15(14)10-24/h4-8,13H,9-10,23H2,1-3H3/t13-/m0/s1. The van der Waals surface area contributed by atoms with Crippen molar-refractivity contribution in [1.82, 2.24) is 0 Å². The predicted octanol–water partition coefficient (Wildman–Crippen LogP) is 4.09. The summed E-state index contributed by atoms with van der Waals surface area (Å²) in [6.45, 7) is 6.70. The average Bonchev–Trinajstić information content (AvgIpc) is 3.00. The highest BCUT2D eigenvalue weighted by atomic mass is 19.1. The van der Waals surface area contributed by atoms with Gasteiger partial charge in [0.2, 0.25) is 5.88 Å². The number of benzene rings is 2. The largest absolute Gasteiger partial charge is 0.440 e. The minimum absolute atomic E-state index is 0.0472. The minimum atomic E-state index is -0.253. The normalized spacial score (nSPS) is 14.7. The molecule has 134 valence electrons. The Bertz CT molecular complexity index is 1090. The smallest absolute Gasteiger partial charge is 0.203 e. The SMILES string of the molecule is Cc1cc([C@H](C)N)c2oc(N3Cc4ccc(F)cc4C3)c(C)c(=O)c2c1. The van der Waals surface area contributed by atoms with Crippen LogP contribution in [-0.2, 0) is 13.1 Å². The fourth-order valence-electron chi connectivity index (χ4n) is 3.70. The molecular weight excluding hydrogens is 331 g/mol. The van der Waals surface area contributed by atoms with Crippen molar-refractivity contribution in [3.63, 3.8) is 0 Å². The van der Waals surface area contributed by atoms with Gasteiger partial charge in [0.1, 0.15) is 11.4 Å². The molecule has 2 aromatic carbocycles. The summed E-state index contributed by atoms with van der Waals surface area (Å²) in [4.78, 5) is 14.9. The zero-order valence-electron chi connectivity index (χ0n) is 15.1. The van der Waals surface area contributed by atoms with Crippen molar-refractivity contribution in [2.45, 2.75) is 39.9 Å². The molecule has 1 aliphatic rings. The van der Waals surface area contributed by atoms with Crippen LogP contribution in [0.15, 0.2) is 39.5 Å². The van der Waals surface area contributed by atoms with Gasteiger partial charge in [0, 0.05) is 24.7 Å². The van der Waals surface area contributed by atoms with Gasteiger partial charge < -0.3 is 15.1 Å². The Morgan fingerprint density at radius 2 is 1.88 bits per heavy atom. The lowest BCUT2D eigenvalue weighted by molar-refractivity contribution is 0.563. The van der Waals surface area contributed by atoms with E-state index in [0.29, 0.717) is 35.5 Å². The molecule has 0 unspecified atom stereocenters. The molecule has 0 amide bonds. The maximum atomic E-state index is 13.5. The van der Waals surface area contributed by atoms with E-state index in [0.717, 1.165) is 22.3 Å². The van der Waals surface area contributed by atoms with E-state index in [1.807, 2.05) is 30.9 Å². The summed E-state index contributed by atoms with van der Waals surface area (Å²) in [7, 11) is 0. The molecule has 0 bridgehead atoms. The topological polar surface area (TPSA) is 59.5 Å². The summed E-state index contributed by atoms with van der Waals surface area (Å²) in [5.41, 5.74) is 10.9. The van der Waals surface area contributed by atoms with E-state index in [2.05, 4.69) is 0 Å². The summed E-state index contributed by atoms with van der Waals surface area (Å²) in [5, 5.41) is 0.557. The van der Waals surface area contributed by atoms with Gasteiger partial charge in [-0.25, -0.2) is 4.39 Å². The summed E-state index contributed by atoms with van der Waals surface area (Å²) in [6, 6.07) is 8.35. The molecule has 0 spiro atoms. The number of nitrogens with zero attached hydrogens (tertiary/aromatic N) is 1. The van der Waals surface area contributed by atoms with Gasteiger partial charge in [-0.1, -0.05) is 12.1 Å². The summed E-state index contributed by atoms with van der Waals surface area (Å²) in [5.74, 6) is 0.280.